The molecule has 1 aromatic carbocycles. The van der Waals surface area contributed by atoms with Crippen LogP contribution in [0.4, 0.5) is 11.5 Å². The fourth-order valence-electron chi connectivity index (χ4n) is 3.53. The van der Waals surface area contributed by atoms with Gasteiger partial charge in [0.2, 0.25) is 11.8 Å². The number of benzene rings is 1. The van der Waals surface area contributed by atoms with Crippen molar-refractivity contribution in [2.45, 2.75) is 38.1 Å². The second-order valence-corrected chi connectivity index (χ2v) is 8.57. The Morgan fingerprint density at radius 2 is 2.03 bits per heavy atom. The molecule has 1 atom stereocenters. The third-order valence-electron chi connectivity index (χ3n) is 5.10. The number of rotatable bonds is 10. The van der Waals surface area contributed by atoms with Crippen molar-refractivity contribution in [3.63, 3.8) is 0 Å². The number of thioether (sulfide) groups is 1. The molecular weight excluding hydrogens is 426 g/mol. The highest BCUT2D eigenvalue weighted by Gasteiger charge is 2.26. The van der Waals surface area contributed by atoms with Crippen LogP contribution in [0.2, 0.25) is 0 Å². The van der Waals surface area contributed by atoms with Gasteiger partial charge in [0.15, 0.2) is 5.82 Å². The second kappa shape index (κ2) is 12.3. The molecule has 0 aliphatic carbocycles. The average molecular weight is 458 g/mol. The van der Waals surface area contributed by atoms with Crippen molar-refractivity contribution in [3.05, 3.63) is 36.4 Å². The number of nitrogens with zero attached hydrogens (tertiary/aromatic N) is 3. The number of carbonyl (C=O) groups is 2. The van der Waals surface area contributed by atoms with Crippen molar-refractivity contribution in [2.75, 3.05) is 42.2 Å². The zero-order valence-corrected chi connectivity index (χ0v) is 19.5. The molecule has 1 unspecified atom stereocenters. The quantitative estimate of drug-likeness (QED) is 0.528. The summed E-state index contributed by atoms with van der Waals surface area (Å²) in [5.74, 6) is 1.60. The molecular formula is C23H31N5O3S. The normalized spacial score (nSPS) is 15.8. The van der Waals surface area contributed by atoms with E-state index < -0.39 is 0 Å². The Balaban J connectivity index is 1.50. The highest BCUT2D eigenvalue weighted by atomic mass is 32.2. The van der Waals surface area contributed by atoms with E-state index in [0.29, 0.717) is 36.2 Å². The van der Waals surface area contributed by atoms with Crippen molar-refractivity contribution in [3.8, 4) is 5.75 Å². The SMILES string of the molecule is CCCNC(=O)C1CCCN(c2ccc(SCC(=O)Nc3ccccc3OCC)nn2)C1. The van der Waals surface area contributed by atoms with Crippen molar-refractivity contribution < 1.29 is 14.3 Å². The Morgan fingerprint density at radius 3 is 2.78 bits per heavy atom. The van der Waals surface area contributed by atoms with Gasteiger partial charge in [0.1, 0.15) is 10.8 Å². The minimum atomic E-state index is -0.134. The molecule has 3 rings (SSSR count). The van der Waals surface area contributed by atoms with E-state index in [0.717, 1.165) is 31.6 Å². The number of aromatic nitrogens is 2. The number of anilines is 2. The summed E-state index contributed by atoms with van der Waals surface area (Å²) in [6, 6.07) is 11.1. The lowest BCUT2D eigenvalue weighted by molar-refractivity contribution is -0.125. The van der Waals surface area contributed by atoms with Gasteiger partial charge >= 0.3 is 0 Å². The molecule has 8 nitrogen and oxygen atoms in total. The molecule has 0 bridgehead atoms. The number of piperidine rings is 1. The first-order chi connectivity index (χ1) is 15.6. The summed E-state index contributed by atoms with van der Waals surface area (Å²) in [6.07, 6.45) is 2.78. The van der Waals surface area contributed by atoms with Crippen LogP contribution in [0.5, 0.6) is 5.75 Å². The Labute approximate surface area is 193 Å². The molecule has 2 heterocycles. The first-order valence-corrected chi connectivity index (χ1v) is 12.1. The van der Waals surface area contributed by atoms with Crippen molar-refractivity contribution >= 4 is 35.1 Å². The summed E-state index contributed by atoms with van der Waals surface area (Å²) < 4.78 is 5.54. The summed E-state index contributed by atoms with van der Waals surface area (Å²) >= 11 is 1.33. The van der Waals surface area contributed by atoms with Crippen LogP contribution in [0.1, 0.15) is 33.1 Å². The summed E-state index contributed by atoms with van der Waals surface area (Å²) in [4.78, 5) is 26.8. The van der Waals surface area contributed by atoms with E-state index in [1.807, 2.05) is 50.2 Å². The summed E-state index contributed by atoms with van der Waals surface area (Å²) in [7, 11) is 0. The predicted octanol–water partition coefficient (Wildman–Crippen LogP) is 3.35. The fraction of sp³-hybridized carbons (Fsp3) is 0.478. The van der Waals surface area contributed by atoms with Gasteiger partial charge in [-0.05, 0) is 50.5 Å². The molecule has 2 N–H and O–H groups in total. The Bertz CT molecular complexity index is 893. The first kappa shape index (κ1) is 23.8. The maximum absolute atomic E-state index is 12.3. The minimum absolute atomic E-state index is 0.0191. The number of nitrogens with one attached hydrogen (secondary N) is 2. The number of para-hydroxylation sites is 2. The fourth-order valence-corrected chi connectivity index (χ4v) is 4.14. The van der Waals surface area contributed by atoms with Crippen LogP contribution in [-0.2, 0) is 9.59 Å². The van der Waals surface area contributed by atoms with Crippen LogP contribution in [0.25, 0.3) is 0 Å². The van der Waals surface area contributed by atoms with Gasteiger partial charge in [-0.25, -0.2) is 0 Å². The predicted molar refractivity (Wildman–Crippen MR) is 127 cm³/mol. The monoisotopic (exact) mass is 457 g/mol. The van der Waals surface area contributed by atoms with E-state index in [2.05, 4.69) is 25.7 Å². The standard InChI is InChI=1S/C23H31N5O3S/c1-3-13-24-23(30)17-8-7-14-28(15-17)20-11-12-22(27-26-20)32-16-21(29)25-18-9-5-6-10-19(18)31-4-2/h5-6,9-12,17H,3-4,7-8,13-16H2,1-2H3,(H,24,30)(H,25,29). The van der Waals surface area contributed by atoms with E-state index in [1.54, 1.807) is 0 Å². The zero-order chi connectivity index (χ0) is 22.8. The maximum Gasteiger partial charge on any atom is 0.234 e. The molecule has 172 valence electrons. The number of hydrogen-bond acceptors (Lipinski definition) is 7. The number of amides is 2. The molecule has 2 amide bonds. The van der Waals surface area contributed by atoms with E-state index in [4.69, 9.17) is 4.74 Å². The smallest absolute Gasteiger partial charge is 0.234 e. The topological polar surface area (TPSA) is 96.5 Å². The molecule has 1 aromatic heterocycles. The van der Waals surface area contributed by atoms with Crippen LogP contribution in [-0.4, -0.2) is 54.0 Å². The third kappa shape index (κ3) is 6.85. The molecule has 1 fully saturated rings. The molecule has 1 aliphatic heterocycles. The van der Waals surface area contributed by atoms with Crippen LogP contribution >= 0.6 is 11.8 Å². The van der Waals surface area contributed by atoms with Crippen molar-refractivity contribution in [1.29, 1.82) is 0 Å². The lowest BCUT2D eigenvalue weighted by Gasteiger charge is -2.32. The highest BCUT2D eigenvalue weighted by Crippen LogP contribution is 2.25. The van der Waals surface area contributed by atoms with E-state index in [1.165, 1.54) is 11.8 Å². The van der Waals surface area contributed by atoms with Gasteiger partial charge in [-0.3, -0.25) is 9.59 Å². The first-order valence-electron chi connectivity index (χ1n) is 11.1. The van der Waals surface area contributed by atoms with Gasteiger partial charge < -0.3 is 20.3 Å². The lowest BCUT2D eigenvalue weighted by atomic mass is 9.97. The third-order valence-corrected chi connectivity index (χ3v) is 6.02. The van der Waals surface area contributed by atoms with E-state index in [-0.39, 0.29) is 23.5 Å². The van der Waals surface area contributed by atoms with Gasteiger partial charge in [0, 0.05) is 19.6 Å². The second-order valence-electron chi connectivity index (χ2n) is 7.57. The van der Waals surface area contributed by atoms with Crippen LogP contribution in [0.15, 0.2) is 41.4 Å². The Hall–Kier alpha value is -2.81. The lowest BCUT2D eigenvalue weighted by Crippen LogP contribution is -2.43. The minimum Gasteiger partial charge on any atom is -0.492 e. The van der Waals surface area contributed by atoms with Gasteiger partial charge in [-0.15, -0.1) is 10.2 Å². The largest absolute Gasteiger partial charge is 0.492 e. The van der Waals surface area contributed by atoms with E-state index >= 15 is 0 Å². The van der Waals surface area contributed by atoms with Gasteiger partial charge in [-0.2, -0.15) is 0 Å². The van der Waals surface area contributed by atoms with Gasteiger partial charge in [-0.1, -0.05) is 30.8 Å². The Kier molecular flexibility index (Phi) is 9.15. The molecule has 9 heteroatoms. The molecule has 1 saturated heterocycles. The summed E-state index contributed by atoms with van der Waals surface area (Å²) in [6.45, 7) is 6.71. The number of carbonyl (C=O) groups excluding carboxylic acids is 2. The maximum atomic E-state index is 12.3. The van der Waals surface area contributed by atoms with Crippen LogP contribution in [0, 0.1) is 5.92 Å². The summed E-state index contributed by atoms with van der Waals surface area (Å²) in [5.41, 5.74) is 0.656. The molecule has 0 radical (unpaired) electrons. The van der Waals surface area contributed by atoms with Gasteiger partial charge in [0.25, 0.3) is 0 Å². The van der Waals surface area contributed by atoms with Crippen molar-refractivity contribution in [1.82, 2.24) is 15.5 Å². The summed E-state index contributed by atoms with van der Waals surface area (Å²) in [5, 5.41) is 15.1. The number of hydrogen-bond donors (Lipinski definition) is 2. The van der Waals surface area contributed by atoms with Crippen LogP contribution < -0.4 is 20.3 Å². The molecule has 32 heavy (non-hydrogen) atoms. The number of ether oxygens (including phenoxy) is 1. The average Bonchev–Trinajstić information content (AvgIpc) is 2.83. The molecule has 0 spiro atoms. The molecule has 0 saturated carbocycles. The highest BCUT2D eigenvalue weighted by molar-refractivity contribution is 7.99. The molecule has 2 aromatic rings. The molecule has 1 aliphatic rings. The van der Waals surface area contributed by atoms with Crippen LogP contribution in [0.3, 0.4) is 0 Å². The Morgan fingerprint density at radius 1 is 1.19 bits per heavy atom. The van der Waals surface area contributed by atoms with Gasteiger partial charge in [0.05, 0.1) is 24.0 Å². The van der Waals surface area contributed by atoms with E-state index in [9.17, 15) is 9.59 Å². The zero-order valence-electron chi connectivity index (χ0n) is 18.7. The van der Waals surface area contributed by atoms with Crippen molar-refractivity contribution in [2.24, 2.45) is 5.92 Å².